The molecule has 2 aromatic carbocycles. The number of carbonyl (C=O) groups excluding carboxylic acids is 1. The molecule has 18 heavy (non-hydrogen) atoms. The second-order valence-electron chi connectivity index (χ2n) is 4.64. The first kappa shape index (κ1) is 11.2. The largest absolute Gasteiger partial charge is 0.353 e. The molecule has 1 aliphatic rings. The van der Waals surface area contributed by atoms with Crippen molar-refractivity contribution in [3.63, 3.8) is 0 Å². The van der Waals surface area contributed by atoms with Gasteiger partial charge in [0.1, 0.15) is 0 Å². The first-order chi connectivity index (χ1) is 8.84. The van der Waals surface area contributed by atoms with Crippen LogP contribution in [0.25, 0.3) is 10.8 Å². The summed E-state index contributed by atoms with van der Waals surface area (Å²) >= 11 is 0. The molecule has 2 N–H and O–H groups in total. The maximum absolute atomic E-state index is 11.8. The fourth-order valence-electron chi connectivity index (χ4n) is 2.50. The maximum Gasteiger partial charge on any atom is 0.237 e. The smallest absolute Gasteiger partial charge is 0.237 e. The van der Waals surface area contributed by atoms with E-state index in [2.05, 4.69) is 41.0 Å². The highest BCUT2D eigenvalue weighted by Crippen LogP contribution is 2.20. The lowest BCUT2D eigenvalue weighted by Gasteiger charge is -2.23. The van der Waals surface area contributed by atoms with E-state index in [0.29, 0.717) is 0 Å². The van der Waals surface area contributed by atoms with E-state index in [9.17, 15) is 4.79 Å². The number of rotatable bonds is 2. The van der Waals surface area contributed by atoms with Gasteiger partial charge in [-0.1, -0.05) is 42.5 Å². The van der Waals surface area contributed by atoms with Crippen molar-refractivity contribution < 1.29 is 4.79 Å². The summed E-state index contributed by atoms with van der Waals surface area (Å²) in [5, 5.41) is 8.63. The van der Waals surface area contributed by atoms with Gasteiger partial charge in [-0.3, -0.25) is 4.79 Å². The summed E-state index contributed by atoms with van der Waals surface area (Å²) in [5.74, 6) is 0.106. The Morgan fingerprint density at radius 1 is 1.06 bits per heavy atom. The number of amides is 1. The third kappa shape index (κ3) is 2.09. The zero-order valence-corrected chi connectivity index (χ0v) is 10.1. The van der Waals surface area contributed by atoms with E-state index in [0.717, 1.165) is 19.5 Å². The average molecular weight is 240 g/mol. The minimum absolute atomic E-state index is 0.106. The number of hydrogen-bond donors (Lipinski definition) is 2. The van der Waals surface area contributed by atoms with Gasteiger partial charge < -0.3 is 10.6 Å². The Morgan fingerprint density at radius 3 is 2.78 bits per heavy atom. The van der Waals surface area contributed by atoms with Crippen LogP contribution in [0.5, 0.6) is 0 Å². The number of piperazine rings is 1. The normalized spacial score (nSPS) is 19.8. The van der Waals surface area contributed by atoms with E-state index in [-0.39, 0.29) is 11.9 Å². The summed E-state index contributed by atoms with van der Waals surface area (Å²) in [6.45, 7) is 1.58. The molecule has 0 unspecified atom stereocenters. The van der Waals surface area contributed by atoms with Crippen LogP contribution in [-0.4, -0.2) is 25.0 Å². The van der Waals surface area contributed by atoms with E-state index >= 15 is 0 Å². The van der Waals surface area contributed by atoms with Crippen molar-refractivity contribution in [1.82, 2.24) is 10.6 Å². The molecule has 1 atom stereocenters. The molecule has 2 aromatic rings. The Morgan fingerprint density at radius 2 is 1.89 bits per heavy atom. The van der Waals surface area contributed by atoms with Crippen LogP contribution in [0.15, 0.2) is 42.5 Å². The lowest BCUT2D eigenvalue weighted by Crippen LogP contribution is -2.53. The molecule has 3 nitrogen and oxygen atoms in total. The molecule has 0 aliphatic carbocycles. The van der Waals surface area contributed by atoms with E-state index in [1.165, 1.54) is 16.3 Å². The van der Waals surface area contributed by atoms with Gasteiger partial charge in [-0.05, 0) is 22.8 Å². The Hall–Kier alpha value is -1.87. The molecule has 92 valence electrons. The molecule has 0 bridgehead atoms. The fraction of sp³-hybridized carbons (Fsp3) is 0.267. The molecule has 0 spiro atoms. The molecular weight excluding hydrogens is 224 g/mol. The van der Waals surface area contributed by atoms with Crippen molar-refractivity contribution in [2.45, 2.75) is 12.5 Å². The predicted octanol–water partition coefficient (Wildman–Crippen LogP) is 1.47. The van der Waals surface area contributed by atoms with E-state index < -0.39 is 0 Å². The van der Waals surface area contributed by atoms with Gasteiger partial charge in [0.05, 0.1) is 6.04 Å². The first-order valence-corrected chi connectivity index (χ1v) is 6.32. The lowest BCUT2D eigenvalue weighted by molar-refractivity contribution is -0.124. The van der Waals surface area contributed by atoms with E-state index in [1.807, 2.05) is 12.1 Å². The highest BCUT2D eigenvalue weighted by Gasteiger charge is 2.21. The van der Waals surface area contributed by atoms with Crippen molar-refractivity contribution in [1.29, 1.82) is 0 Å². The Kier molecular flexibility index (Phi) is 2.99. The van der Waals surface area contributed by atoms with Crippen molar-refractivity contribution in [3.05, 3.63) is 48.0 Å². The zero-order valence-electron chi connectivity index (χ0n) is 10.1. The summed E-state index contributed by atoms with van der Waals surface area (Å²) in [4.78, 5) is 11.8. The molecule has 0 radical (unpaired) electrons. The van der Waals surface area contributed by atoms with Gasteiger partial charge in [-0.25, -0.2) is 0 Å². The molecule has 1 heterocycles. The van der Waals surface area contributed by atoms with Crippen LogP contribution in [0.4, 0.5) is 0 Å². The fourth-order valence-corrected chi connectivity index (χ4v) is 2.50. The lowest BCUT2D eigenvalue weighted by atomic mass is 9.98. The standard InChI is InChI=1S/C15H16N2O/c18-15-14(16-8-9-17-15)10-12-6-3-5-11-4-1-2-7-13(11)12/h1-7,14,16H,8-10H2,(H,17,18)/t14-/m1/s1. The molecule has 1 saturated heterocycles. The zero-order chi connectivity index (χ0) is 12.4. The minimum Gasteiger partial charge on any atom is -0.353 e. The van der Waals surface area contributed by atoms with Crippen molar-refractivity contribution in [3.8, 4) is 0 Å². The Bertz CT molecular complexity index is 574. The monoisotopic (exact) mass is 240 g/mol. The second kappa shape index (κ2) is 4.78. The Labute approximate surface area is 106 Å². The third-order valence-electron chi connectivity index (χ3n) is 3.44. The van der Waals surface area contributed by atoms with Crippen LogP contribution in [0.1, 0.15) is 5.56 Å². The summed E-state index contributed by atoms with van der Waals surface area (Å²) in [7, 11) is 0. The third-order valence-corrected chi connectivity index (χ3v) is 3.44. The number of hydrogen-bond acceptors (Lipinski definition) is 2. The van der Waals surface area contributed by atoms with E-state index in [4.69, 9.17) is 0 Å². The maximum atomic E-state index is 11.8. The number of carbonyl (C=O) groups is 1. The minimum atomic E-state index is -0.107. The van der Waals surface area contributed by atoms with Crippen LogP contribution >= 0.6 is 0 Å². The number of benzene rings is 2. The molecule has 1 amide bonds. The molecule has 1 aliphatic heterocycles. The van der Waals surface area contributed by atoms with E-state index in [1.54, 1.807) is 0 Å². The highest BCUT2D eigenvalue weighted by atomic mass is 16.2. The van der Waals surface area contributed by atoms with Gasteiger partial charge in [-0.15, -0.1) is 0 Å². The van der Waals surface area contributed by atoms with Crippen molar-refractivity contribution >= 4 is 16.7 Å². The molecule has 0 aromatic heterocycles. The molecular formula is C15H16N2O. The second-order valence-corrected chi connectivity index (χ2v) is 4.64. The van der Waals surface area contributed by atoms with Crippen LogP contribution in [0.2, 0.25) is 0 Å². The number of nitrogens with one attached hydrogen (secondary N) is 2. The van der Waals surface area contributed by atoms with Crippen molar-refractivity contribution in [2.75, 3.05) is 13.1 Å². The Balaban J connectivity index is 1.92. The van der Waals surface area contributed by atoms with Gasteiger partial charge in [-0.2, -0.15) is 0 Å². The quantitative estimate of drug-likeness (QED) is 0.834. The van der Waals surface area contributed by atoms with Crippen LogP contribution in [0.3, 0.4) is 0 Å². The van der Waals surface area contributed by atoms with Gasteiger partial charge in [0.15, 0.2) is 0 Å². The average Bonchev–Trinajstić information content (AvgIpc) is 2.42. The number of fused-ring (bicyclic) bond motifs is 1. The van der Waals surface area contributed by atoms with Crippen LogP contribution in [0, 0.1) is 0 Å². The topological polar surface area (TPSA) is 41.1 Å². The molecule has 3 rings (SSSR count). The van der Waals surface area contributed by atoms with Crippen LogP contribution < -0.4 is 10.6 Å². The molecule has 0 saturated carbocycles. The summed E-state index contributed by atoms with van der Waals surface area (Å²) in [6, 6.07) is 14.5. The first-order valence-electron chi connectivity index (χ1n) is 6.32. The molecule has 1 fully saturated rings. The van der Waals surface area contributed by atoms with Gasteiger partial charge in [0, 0.05) is 13.1 Å². The van der Waals surface area contributed by atoms with Crippen molar-refractivity contribution in [2.24, 2.45) is 0 Å². The summed E-state index contributed by atoms with van der Waals surface area (Å²) < 4.78 is 0. The summed E-state index contributed by atoms with van der Waals surface area (Å²) in [5.41, 5.74) is 1.22. The predicted molar refractivity (Wildman–Crippen MR) is 72.5 cm³/mol. The SMILES string of the molecule is O=C1NCCN[C@@H]1Cc1cccc2ccccc12. The van der Waals surface area contributed by atoms with Crippen LogP contribution in [-0.2, 0) is 11.2 Å². The summed E-state index contributed by atoms with van der Waals surface area (Å²) in [6.07, 6.45) is 0.743. The molecule has 3 heteroatoms. The van der Waals surface area contributed by atoms with Gasteiger partial charge in [0.25, 0.3) is 0 Å². The highest BCUT2D eigenvalue weighted by molar-refractivity contribution is 5.87. The van der Waals surface area contributed by atoms with Gasteiger partial charge in [0.2, 0.25) is 5.91 Å². The van der Waals surface area contributed by atoms with Gasteiger partial charge >= 0.3 is 0 Å².